The smallest absolute Gasteiger partial charge is 0.104 e. The predicted molar refractivity (Wildman–Crippen MR) is 129 cm³/mol. The van der Waals surface area contributed by atoms with Crippen molar-refractivity contribution in [3.63, 3.8) is 0 Å². The summed E-state index contributed by atoms with van der Waals surface area (Å²) in [4.78, 5) is 0. The van der Waals surface area contributed by atoms with E-state index in [-0.39, 0.29) is 0 Å². The number of fused-ring (bicyclic) bond motifs is 10. The molecule has 6 aliphatic carbocycles. The Morgan fingerprint density at radius 1 is 0.583 bits per heavy atom. The van der Waals surface area contributed by atoms with Crippen LogP contribution in [0.3, 0.4) is 0 Å². The van der Waals surface area contributed by atoms with Crippen molar-refractivity contribution >= 4 is 0 Å². The first-order valence-corrected chi connectivity index (χ1v) is 15.1. The van der Waals surface area contributed by atoms with Crippen LogP contribution in [0.2, 0.25) is 0 Å². The fourth-order valence-corrected chi connectivity index (χ4v) is 10.1. The third-order valence-corrected chi connectivity index (χ3v) is 11.6. The van der Waals surface area contributed by atoms with Crippen LogP contribution in [0.25, 0.3) is 0 Å². The average Bonchev–Trinajstić information content (AvgIpc) is 3.51. The highest BCUT2D eigenvalue weighted by Gasteiger charge is 2.59. The fourth-order valence-electron chi connectivity index (χ4n) is 10.1. The number of hydrogen-bond donors (Lipinski definition) is 1. The summed E-state index contributed by atoms with van der Waals surface area (Å²) in [5.74, 6) is 5.76. The minimum atomic E-state index is -0.523. The van der Waals surface area contributed by atoms with Crippen LogP contribution < -0.4 is 0 Å². The number of aliphatic hydroxyl groups excluding tert-OH is 1. The molecule has 2 aliphatic heterocycles. The highest BCUT2D eigenvalue weighted by Crippen LogP contribution is 2.61. The molecule has 15 unspecified atom stereocenters. The number of epoxide rings is 2. The number of aliphatic hydroxyl groups is 1. The Morgan fingerprint density at radius 2 is 1.06 bits per heavy atom. The van der Waals surface area contributed by atoms with Gasteiger partial charge in [-0.1, -0.05) is 0 Å². The van der Waals surface area contributed by atoms with Crippen LogP contribution in [0.15, 0.2) is 0 Å². The lowest BCUT2D eigenvalue weighted by atomic mass is 9.79. The van der Waals surface area contributed by atoms with E-state index in [2.05, 4.69) is 0 Å². The molecule has 8 fully saturated rings. The molecule has 0 radical (unpaired) electrons. The van der Waals surface area contributed by atoms with Crippen LogP contribution >= 0.6 is 0 Å². The van der Waals surface area contributed by atoms with Crippen molar-refractivity contribution in [1.82, 2.24) is 0 Å². The maximum Gasteiger partial charge on any atom is 0.104 e. The summed E-state index contributed by atoms with van der Waals surface area (Å²) in [5, 5.41) is 10.7. The summed E-state index contributed by atoms with van der Waals surface area (Å²) in [6.45, 7) is 4.15. The van der Waals surface area contributed by atoms with E-state index in [4.69, 9.17) is 28.4 Å². The lowest BCUT2D eigenvalue weighted by Crippen LogP contribution is -2.38. The van der Waals surface area contributed by atoms with Crippen molar-refractivity contribution in [2.24, 2.45) is 47.3 Å². The highest BCUT2D eigenvalue weighted by atomic mass is 16.6. The van der Waals surface area contributed by atoms with E-state index in [1.807, 2.05) is 0 Å². The minimum Gasteiger partial charge on any atom is -0.388 e. The lowest BCUT2D eigenvalue weighted by molar-refractivity contribution is -0.0959. The summed E-state index contributed by atoms with van der Waals surface area (Å²) in [6, 6.07) is 0. The fraction of sp³-hybridized carbons (Fsp3) is 1.00. The van der Waals surface area contributed by atoms with E-state index in [9.17, 15) is 5.11 Å². The highest BCUT2D eigenvalue weighted by molar-refractivity contribution is 5.08. The summed E-state index contributed by atoms with van der Waals surface area (Å²) in [7, 11) is 0. The van der Waals surface area contributed by atoms with Gasteiger partial charge >= 0.3 is 0 Å². The normalized spacial score (nSPS) is 54.2. The van der Waals surface area contributed by atoms with Gasteiger partial charge in [-0.3, -0.25) is 0 Å². The van der Waals surface area contributed by atoms with Gasteiger partial charge in [0.2, 0.25) is 0 Å². The van der Waals surface area contributed by atoms with Crippen LogP contribution in [0.1, 0.15) is 51.4 Å². The molecule has 7 nitrogen and oxygen atoms in total. The van der Waals surface area contributed by atoms with Crippen LogP contribution in [0.5, 0.6) is 0 Å². The Balaban J connectivity index is 0.774. The Labute approximate surface area is 214 Å². The molecule has 1 N–H and O–H groups in total. The second kappa shape index (κ2) is 9.42. The van der Waals surface area contributed by atoms with Gasteiger partial charge in [-0.25, -0.2) is 0 Å². The molecule has 0 aromatic rings. The number of hydrogen-bond acceptors (Lipinski definition) is 7. The van der Waals surface area contributed by atoms with Crippen molar-refractivity contribution in [3.8, 4) is 0 Å². The van der Waals surface area contributed by atoms with E-state index in [1.54, 1.807) is 0 Å². The van der Waals surface area contributed by atoms with E-state index >= 15 is 0 Å². The molecule has 8 rings (SSSR count). The molecule has 2 saturated heterocycles. The Morgan fingerprint density at radius 3 is 1.61 bits per heavy atom. The second-order valence-corrected chi connectivity index (χ2v) is 13.5. The third-order valence-electron chi connectivity index (χ3n) is 11.6. The zero-order chi connectivity index (χ0) is 23.8. The maximum atomic E-state index is 10.7. The first kappa shape index (κ1) is 23.6. The topological polar surface area (TPSA) is 82.2 Å². The van der Waals surface area contributed by atoms with Gasteiger partial charge in [0.25, 0.3) is 0 Å². The first-order chi connectivity index (χ1) is 17.7. The van der Waals surface area contributed by atoms with Crippen molar-refractivity contribution < 1.29 is 33.5 Å². The van der Waals surface area contributed by atoms with Crippen molar-refractivity contribution in [1.29, 1.82) is 0 Å². The Kier molecular flexibility index (Phi) is 6.18. The average molecular weight is 505 g/mol. The van der Waals surface area contributed by atoms with Crippen molar-refractivity contribution in [2.75, 3.05) is 39.6 Å². The molecule has 2 heterocycles. The van der Waals surface area contributed by atoms with Gasteiger partial charge in [-0.15, -0.1) is 0 Å². The standard InChI is InChI=1S/C29H44O7/c30-17(9-33-24-3-1-21-23-6-16(28(21)24)8-27(23)36-14-19-12-32-19)10-34-26-7-15-5-22(26)20-2-4-25(29(15)20)35-13-18-11-31-18/h15-30H,1-14H2. The molecule has 7 heteroatoms. The second-order valence-electron chi connectivity index (χ2n) is 13.5. The van der Waals surface area contributed by atoms with Crippen LogP contribution in [0.4, 0.5) is 0 Å². The zero-order valence-electron chi connectivity index (χ0n) is 21.5. The van der Waals surface area contributed by atoms with E-state index in [0.717, 1.165) is 68.9 Å². The van der Waals surface area contributed by atoms with Gasteiger partial charge in [-0.2, -0.15) is 0 Å². The molecule has 0 aromatic carbocycles. The largest absolute Gasteiger partial charge is 0.388 e. The number of ether oxygens (including phenoxy) is 6. The molecule has 8 aliphatic rings. The van der Waals surface area contributed by atoms with Gasteiger partial charge in [0, 0.05) is 0 Å². The van der Waals surface area contributed by atoms with Gasteiger partial charge in [0.15, 0.2) is 0 Å². The van der Waals surface area contributed by atoms with Crippen molar-refractivity contribution in [2.45, 2.75) is 94.1 Å². The van der Waals surface area contributed by atoms with Gasteiger partial charge in [0.1, 0.15) is 18.3 Å². The Hall–Kier alpha value is -0.280. The quantitative estimate of drug-likeness (QED) is 0.409. The summed E-state index contributed by atoms with van der Waals surface area (Å²) in [6.07, 6.45) is 11.5. The molecule has 15 atom stereocenters. The molecule has 0 aromatic heterocycles. The van der Waals surface area contributed by atoms with E-state index in [1.165, 1.54) is 38.5 Å². The zero-order valence-corrected chi connectivity index (χ0v) is 21.5. The first-order valence-electron chi connectivity index (χ1n) is 15.1. The van der Waals surface area contributed by atoms with E-state index in [0.29, 0.717) is 67.6 Å². The summed E-state index contributed by atoms with van der Waals surface area (Å²) >= 11 is 0. The molecule has 0 amide bonds. The lowest BCUT2D eigenvalue weighted by Gasteiger charge is -2.34. The molecule has 4 bridgehead atoms. The van der Waals surface area contributed by atoms with Crippen LogP contribution in [-0.4, -0.2) is 87.5 Å². The molecule has 36 heavy (non-hydrogen) atoms. The SMILES string of the molecule is OC(COC1CC2CC1C1CCC(OCC3CO3)C21)COC1CCC2C3CC(CC3OCC3CO3)C12. The van der Waals surface area contributed by atoms with Crippen LogP contribution in [-0.2, 0) is 28.4 Å². The molecule has 6 saturated carbocycles. The van der Waals surface area contributed by atoms with Gasteiger partial charge in [-0.05, 0) is 98.7 Å². The third kappa shape index (κ3) is 4.29. The minimum absolute atomic E-state index is 0.312. The monoisotopic (exact) mass is 504 g/mol. The van der Waals surface area contributed by atoms with Gasteiger partial charge in [0.05, 0.1) is 64.1 Å². The van der Waals surface area contributed by atoms with Crippen LogP contribution in [0, 0.1) is 47.3 Å². The predicted octanol–water partition coefficient (Wildman–Crippen LogP) is 2.82. The molecule has 0 spiro atoms. The summed E-state index contributed by atoms with van der Waals surface area (Å²) in [5.41, 5.74) is 0. The van der Waals surface area contributed by atoms with E-state index < -0.39 is 6.10 Å². The van der Waals surface area contributed by atoms with Gasteiger partial charge < -0.3 is 33.5 Å². The molecule has 202 valence electrons. The Bertz CT molecular complexity index is 800. The summed E-state index contributed by atoms with van der Waals surface area (Å²) < 4.78 is 35.9. The van der Waals surface area contributed by atoms with Crippen molar-refractivity contribution in [3.05, 3.63) is 0 Å². The molecular formula is C29H44O7. The molecular weight excluding hydrogens is 460 g/mol. The number of rotatable bonds is 12. The maximum absolute atomic E-state index is 10.7.